The van der Waals surface area contributed by atoms with Gasteiger partial charge in [0.15, 0.2) is 0 Å². The molecule has 2 heterocycles. The number of nitrogens with zero attached hydrogens (tertiary/aromatic N) is 1. The van der Waals surface area contributed by atoms with E-state index in [1.165, 1.54) is 12.5 Å². The van der Waals surface area contributed by atoms with Gasteiger partial charge in [-0.1, -0.05) is 48.5 Å². The molecule has 0 aliphatic rings. The van der Waals surface area contributed by atoms with Crippen LogP contribution in [0.5, 0.6) is 0 Å². The zero-order valence-corrected chi connectivity index (χ0v) is 23.7. The number of para-hydroxylation sites is 1. The molecule has 0 aliphatic heterocycles. The minimum atomic E-state index is -1.44. The lowest BCUT2D eigenvalue weighted by Crippen LogP contribution is -2.58. The van der Waals surface area contributed by atoms with E-state index >= 15 is 0 Å². The monoisotopic (exact) mass is 602 g/mol. The molecule has 0 fully saturated rings. The van der Waals surface area contributed by atoms with Gasteiger partial charge >= 0.3 is 5.97 Å². The average molecular weight is 603 g/mol. The third-order valence-corrected chi connectivity index (χ3v) is 7.00. The van der Waals surface area contributed by atoms with E-state index in [1.54, 1.807) is 30.5 Å². The highest BCUT2D eigenvalue weighted by molar-refractivity contribution is 5.96. The molecule has 4 atom stereocenters. The molecule has 4 unspecified atom stereocenters. The van der Waals surface area contributed by atoms with Gasteiger partial charge in [0.25, 0.3) is 0 Å². The predicted octanol–water partition coefficient (Wildman–Crippen LogP) is -0.339. The Balaban J connectivity index is 1.54. The first-order valence-corrected chi connectivity index (χ1v) is 13.8. The molecule has 14 heteroatoms. The number of aromatic nitrogens is 3. The smallest absolute Gasteiger partial charge is 0.326 e. The molecule has 0 spiro atoms. The van der Waals surface area contributed by atoms with Crippen molar-refractivity contribution in [1.82, 2.24) is 30.9 Å². The number of benzene rings is 2. The summed E-state index contributed by atoms with van der Waals surface area (Å²) in [5.74, 6) is -4.52. The number of hydrogen-bond donors (Lipinski definition) is 8. The molecule has 44 heavy (non-hydrogen) atoms. The van der Waals surface area contributed by atoms with Crippen LogP contribution >= 0.6 is 0 Å². The topological polar surface area (TPSA) is 238 Å². The van der Waals surface area contributed by atoms with Crippen LogP contribution in [0.3, 0.4) is 0 Å². The average Bonchev–Trinajstić information content (AvgIpc) is 3.66. The van der Waals surface area contributed by atoms with E-state index in [-0.39, 0.29) is 19.3 Å². The lowest BCUT2D eigenvalue weighted by molar-refractivity contribution is -0.142. The van der Waals surface area contributed by atoms with Crippen LogP contribution in [0.15, 0.2) is 73.3 Å². The van der Waals surface area contributed by atoms with Gasteiger partial charge < -0.3 is 42.5 Å². The molecule has 4 amide bonds. The molecule has 10 N–H and O–H groups in total. The van der Waals surface area contributed by atoms with E-state index in [2.05, 4.69) is 30.9 Å². The molecule has 0 aliphatic carbocycles. The van der Waals surface area contributed by atoms with Gasteiger partial charge in [-0.3, -0.25) is 19.2 Å². The summed E-state index contributed by atoms with van der Waals surface area (Å²) in [4.78, 5) is 73.5. The molecule has 0 saturated carbocycles. The van der Waals surface area contributed by atoms with Gasteiger partial charge in [0.1, 0.15) is 18.1 Å². The quantitative estimate of drug-likeness (QED) is 0.0893. The maximum Gasteiger partial charge on any atom is 0.326 e. The van der Waals surface area contributed by atoms with Gasteiger partial charge in [0, 0.05) is 41.8 Å². The molecule has 2 aromatic carbocycles. The standard InChI is InChI=1S/C30H34N8O6/c31-21(10-17-6-2-1-3-7-17)27(40)36-24(13-26(32)39)29(42)37-23(11-18-14-34-22-9-5-4-8-20(18)22)28(41)38-25(30(43)44)12-19-15-33-16-35-19/h1-9,14-16,21,23-25,34H,10-13,31H2,(H2,32,39)(H,33,35)(H,36,40)(H,37,42)(H,38,41)(H,43,44). The number of primary amides is 1. The summed E-state index contributed by atoms with van der Waals surface area (Å²) < 4.78 is 0. The summed E-state index contributed by atoms with van der Waals surface area (Å²) in [5, 5.41) is 18.1. The Hall–Kier alpha value is -5.50. The first kappa shape index (κ1) is 31.4. The van der Waals surface area contributed by atoms with Crippen LogP contribution in [-0.2, 0) is 43.2 Å². The van der Waals surface area contributed by atoms with E-state index in [9.17, 15) is 29.1 Å². The number of carbonyl (C=O) groups excluding carboxylic acids is 4. The Labute approximate surface area is 252 Å². The SMILES string of the molecule is NC(=O)CC(NC(=O)C(N)Cc1ccccc1)C(=O)NC(Cc1c[nH]c2ccccc12)C(=O)NC(Cc1cnc[nH]1)C(=O)O. The molecule has 2 aromatic heterocycles. The number of aliphatic carboxylic acids is 1. The number of fused-ring (bicyclic) bond motifs is 1. The zero-order valence-electron chi connectivity index (χ0n) is 23.7. The van der Waals surface area contributed by atoms with Crippen molar-refractivity contribution in [3.8, 4) is 0 Å². The van der Waals surface area contributed by atoms with Crippen molar-refractivity contribution in [2.75, 3.05) is 0 Å². The summed E-state index contributed by atoms with van der Waals surface area (Å²) in [5.41, 5.74) is 14.2. The number of rotatable bonds is 15. The molecule has 0 saturated heterocycles. The van der Waals surface area contributed by atoms with E-state index in [1.807, 2.05) is 30.3 Å². The van der Waals surface area contributed by atoms with E-state index < -0.39 is 60.2 Å². The number of imidazole rings is 1. The lowest BCUT2D eigenvalue weighted by atomic mass is 10.0. The van der Waals surface area contributed by atoms with Crippen molar-refractivity contribution in [2.24, 2.45) is 11.5 Å². The second-order valence-electron chi connectivity index (χ2n) is 10.3. The molecule has 14 nitrogen and oxygen atoms in total. The van der Waals surface area contributed by atoms with Crippen LogP contribution in [0, 0.1) is 0 Å². The number of amides is 4. The fourth-order valence-corrected chi connectivity index (χ4v) is 4.74. The summed E-state index contributed by atoms with van der Waals surface area (Å²) in [6.07, 6.45) is 3.99. The molecule has 0 radical (unpaired) electrons. The Morgan fingerprint density at radius 1 is 0.795 bits per heavy atom. The van der Waals surface area contributed by atoms with Crippen LogP contribution in [0.1, 0.15) is 23.2 Å². The minimum Gasteiger partial charge on any atom is -0.480 e. The third-order valence-electron chi connectivity index (χ3n) is 7.00. The third kappa shape index (κ3) is 8.51. The highest BCUT2D eigenvalue weighted by atomic mass is 16.4. The summed E-state index contributed by atoms with van der Waals surface area (Å²) in [7, 11) is 0. The van der Waals surface area contributed by atoms with Gasteiger partial charge in [-0.15, -0.1) is 0 Å². The summed E-state index contributed by atoms with van der Waals surface area (Å²) >= 11 is 0. The maximum absolute atomic E-state index is 13.5. The van der Waals surface area contributed by atoms with Crippen LogP contribution < -0.4 is 27.4 Å². The van der Waals surface area contributed by atoms with E-state index in [0.29, 0.717) is 11.3 Å². The highest BCUT2D eigenvalue weighted by Crippen LogP contribution is 2.19. The lowest BCUT2D eigenvalue weighted by Gasteiger charge is -2.25. The number of carboxylic acids is 1. The van der Waals surface area contributed by atoms with E-state index in [4.69, 9.17) is 11.5 Å². The molecular formula is C30H34N8O6. The molecule has 0 bridgehead atoms. The van der Waals surface area contributed by atoms with E-state index in [0.717, 1.165) is 16.5 Å². The number of carbonyl (C=O) groups is 5. The van der Waals surface area contributed by atoms with Crippen LogP contribution in [0.4, 0.5) is 0 Å². The van der Waals surface area contributed by atoms with Crippen molar-refractivity contribution < 1.29 is 29.1 Å². The number of carboxylic acid groups (broad SMARTS) is 1. The molecular weight excluding hydrogens is 568 g/mol. The summed E-state index contributed by atoms with van der Waals surface area (Å²) in [6, 6.07) is 11.2. The Kier molecular flexibility index (Phi) is 10.4. The number of nitrogens with one attached hydrogen (secondary N) is 5. The van der Waals surface area contributed by atoms with Crippen molar-refractivity contribution in [2.45, 2.75) is 49.9 Å². The first-order chi connectivity index (χ1) is 21.1. The van der Waals surface area contributed by atoms with Gasteiger partial charge in [-0.25, -0.2) is 9.78 Å². The number of nitrogens with two attached hydrogens (primary N) is 2. The Morgan fingerprint density at radius 3 is 2.14 bits per heavy atom. The van der Waals surface area contributed by atoms with Gasteiger partial charge in [0.05, 0.1) is 18.8 Å². The Morgan fingerprint density at radius 2 is 1.45 bits per heavy atom. The zero-order chi connectivity index (χ0) is 31.6. The van der Waals surface area contributed by atoms with Crippen molar-refractivity contribution in [3.63, 3.8) is 0 Å². The first-order valence-electron chi connectivity index (χ1n) is 13.8. The number of aromatic amines is 2. The predicted molar refractivity (Wildman–Crippen MR) is 160 cm³/mol. The van der Waals surface area contributed by atoms with Gasteiger partial charge in [-0.05, 0) is 23.6 Å². The summed E-state index contributed by atoms with van der Waals surface area (Å²) in [6.45, 7) is 0. The molecule has 230 valence electrons. The van der Waals surface area contributed by atoms with Crippen LogP contribution in [0.25, 0.3) is 10.9 Å². The molecule has 4 rings (SSSR count). The van der Waals surface area contributed by atoms with Crippen molar-refractivity contribution >= 4 is 40.5 Å². The fraction of sp³-hybridized carbons (Fsp3) is 0.267. The minimum absolute atomic E-state index is 0.0389. The van der Waals surface area contributed by atoms with Crippen molar-refractivity contribution in [1.29, 1.82) is 0 Å². The molecule has 4 aromatic rings. The second kappa shape index (κ2) is 14.6. The van der Waals surface area contributed by atoms with Crippen LogP contribution in [0.2, 0.25) is 0 Å². The number of H-pyrrole nitrogens is 2. The fourth-order valence-electron chi connectivity index (χ4n) is 4.74. The maximum atomic E-state index is 13.5. The second-order valence-corrected chi connectivity index (χ2v) is 10.3. The Bertz CT molecular complexity index is 1600. The highest BCUT2D eigenvalue weighted by Gasteiger charge is 2.32. The van der Waals surface area contributed by atoms with Gasteiger partial charge in [-0.2, -0.15) is 0 Å². The normalized spacial score (nSPS) is 13.8. The van der Waals surface area contributed by atoms with Crippen molar-refractivity contribution in [3.05, 3.63) is 90.1 Å². The van der Waals surface area contributed by atoms with Gasteiger partial charge in [0.2, 0.25) is 23.6 Å². The number of hydrogen-bond acceptors (Lipinski definition) is 7. The van der Waals surface area contributed by atoms with Crippen LogP contribution in [-0.4, -0.2) is 73.8 Å². The largest absolute Gasteiger partial charge is 0.480 e.